The number of rotatable bonds is 7. The second-order valence-electron chi connectivity index (χ2n) is 6.43. The van der Waals surface area contributed by atoms with Crippen molar-refractivity contribution >= 4 is 17.6 Å². The Morgan fingerprint density at radius 3 is 2.04 bits per heavy atom. The molecular formula is C24H23NO3. The average molecular weight is 373 g/mol. The molecule has 0 aliphatic rings. The molecule has 0 aliphatic carbocycles. The van der Waals surface area contributed by atoms with Crippen LogP contribution in [0.1, 0.15) is 40.7 Å². The van der Waals surface area contributed by atoms with Gasteiger partial charge >= 0.3 is 5.97 Å². The summed E-state index contributed by atoms with van der Waals surface area (Å²) in [5.74, 6) is -0.556. The van der Waals surface area contributed by atoms with Crippen LogP contribution in [0.15, 0.2) is 84.9 Å². The van der Waals surface area contributed by atoms with E-state index < -0.39 is 5.97 Å². The SMILES string of the molecule is CCOC(=O)c1cccc(NC(=O)CC(c2ccccc2)c2ccccc2)c1. The minimum absolute atomic E-state index is 0.0457. The highest BCUT2D eigenvalue weighted by atomic mass is 16.5. The zero-order chi connectivity index (χ0) is 19.8. The Morgan fingerprint density at radius 2 is 1.46 bits per heavy atom. The third kappa shape index (κ3) is 5.07. The molecule has 0 atom stereocenters. The van der Waals surface area contributed by atoms with Crippen molar-refractivity contribution in [1.82, 2.24) is 0 Å². The Bertz CT molecular complexity index is 883. The average Bonchev–Trinajstić information content (AvgIpc) is 2.73. The van der Waals surface area contributed by atoms with Gasteiger partial charge in [0, 0.05) is 18.0 Å². The van der Waals surface area contributed by atoms with Gasteiger partial charge in [-0.1, -0.05) is 66.7 Å². The minimum atomic E-state index is -0.398. The van der Waals surface area contributed by atoms with Crippen LogP contribution >= 0.6 is 0 Å². The van der Waals surface area contributed by atoms with Crippen molar-refractivity contribution in [2.45, 2.75) is 19.3 Å². The fraction of sp³-hybridized carbons (Fsp3) is 0.167. The normalized spacial score (nSPS) is 10.5. The molecule has 0 radical (unpaired) electrons. The lowest BCUT2D eigenvalue weighted by Crippen LogP contribution is -2.17. The van der Waals surface area contributed by atoms with Gasteiger partial charge in [-0.2, -0.15) is 0 Å². The van der Waals surface area contributed by atoms with Gasteiger partial charge in [0.15, 0.2) is 0 Å². The van der Waals surface area contributed by atoms with Gasteiger partial charge in [-0.25, -0.2) is 4.79 Å². The molecule has 3 aromatic carbocycles. The van der Waals surface area contributed by atoms with Crippen LogP contribution in [0.4, 0.5) is 5.69 Å². The largest absolute Gasteiger partial charge is 0.462 e. The van der Waals surface area contributed by atoms with Gasteiger partial charge in [0.25, 0.3) is 0 Å². The molecule has 3 aromatic rings. The number of carbonyl (C=O) groups excluding carboxylic acids is 2. The van der Waals surface area contributed by atoms with Crippen LogP contribution in [-0.2, 0) is 9.53 Å². The Hall–Kier alpha value is -3.40. The highest BCUT2D eigenvalue weighted by Crippen LogP contribution is 2.28. The summed E-state index contributed by atoms with van der Waals surface area (Å²) in [6.45, 7) is 2.07. The Kier molecular flexibility index (Phi) is 6.58. The maximum Gasteiger partial charge on any atom is 0.338 e. The number of anilines is 1. The monoisotopic (exact) mass is 373 g/mol. The molecule has 0 fully saturated rings. The van der Waals surface area contributed by atoms with Crippen molar-refractivity contribution in [3.05, 3.63) is 102 Å². The standard InChI is InChI=1S/C24H23NO3/c1-2-28-24(27)20-14-9-15-21(16-20)25-23(26)17-22(18-10-5-3-6-11-18)19-12-7-4-8-13-19/h3-16,22H,2,17H2,1H3,(H,25,26). The molecule has 0 heterocycles. The molecule has 142 valence electrons. The van der Waals surface area contributed by atoms with Crippen LogP contribution in [-0.4, -0.2) is 18.5 Å². The zero-order valence-electron chi connectivity index (χ0n) is 15.8. The van der Waals surface area contributed by atoms with E-state index in [-0.39, 0.29) is 11.8 Å². The van der Waals surface area contributed by atoms with Crippen LogP contribution in [0.2, 0.25) is 0 Å². The van der Waals surface area contributed by atoms with E-state index in [9.17, 15) is 9.59 Å². The summed E-state index contributed by atoms with van der Waals surface area (Å²) < 4.78 is 5.02. The number of benzene rings is 3. The molecular weight excluding hydrogens is 350 g/mol. The topological polar surface area (TPSA) is 55.4 Å². The van der Waals surface area contributed by atoms with Crippen LogP contribution in [0.5, 0.6) is 0 Å². The summed E-state index contributed by atoms with van der Waals surface area (Å²) in [6.07, 6.45) is 0.303. The van der Waals surface area contributed by atoms with Gasteiger partial charge in [-0.3, -0.25) is 4.79 Å². The quantitative estimate of drug-likeness (QED) is 0.591. The first kappa shape index (κ1) is 19.4. The predicted octanol–water partition coefficient (Wildman–Crippen LogP) is 5.02. The fourth-order valence-electron chi connectivity index (χ4n) is 3.13. The summed E-state index contributed by atoms with van der Waals surface area (Å²) in [4.78, 5) is 24.6. The number of hydrogen-bond donors (Lipinski definition) is 1. The number of esters is 1. The molecule has 0 aromatic heterocycles. The first-order valence-corrected chi connectivity index (χ1v) is 9.34. The first-order valence-electron chi connectivity index (χ1n) is 9.34. The van der Waals surface area contributed by atoms with Gasteiger partial charge in [0.1, 0.15) is 0 Å². The molecule has 0 saturated heterocycles. The molecule has 0 aliphatic heterocycles. The summed E-state index contributed by atoms with van der Waals surface area (Å²) in [6, 6.07) is 26.8. The Labute approximate surface area is 165 Å². The summed E-state index contributed by atoms with van der Waals surface area (Å²) in [7, 11) is 0. The highest BCUT2D eigenvalue weighted by molar-refractivity contribution is 5.95. The van der Waals surface area contributed by atoms with Crippen molar-refractivity contribution in [3.63, 3.8) is 0 Å². The number of nitrogens with one attached hydrogen (secondary N) is 1. The number of amides is 1. The minimum Gasteiger partial charge on any atom is -0.462 e. The van der Waals surface area contributed by atoms with E-state index in [4.69, 9.17) is 4.74 Å². The van der Waals surface area contributed by atoms with Gasteiger partial charge in [-0.15, -0.1) is 0 Å². The number of hydrogen-bond acceptors (Lipinski definition) is 3. The van der Waals surface area contributed by atoms with Crippen molar-refractivity contribution in [2.75, 3.05) is 11.9 Å². The molecule has 0 bridgehead atoms. The van der Waals surface area contributed by atoms with Gasteiger partial charge in [0.05, 0.1) is 12.2 Å². The van der Waals surface area contributed by atoms with Crippen LogP contribution < -0.4 is 5.32 Å². The molecule has 1 amide bonds. The highest BCUT2D eigenvalue weighted by Gasteiger charge is 2.18. The van der Waals surface area contributed by atoms with Crippen LogP contribution in [0, 0.1) is 0 Å². The van der Waals surface area contributed by atoms with Crippen LogP contribution in [0.3, 0.4) is 0 Å². The van der Waals surface area contributed by atoms with E-state index in [2.05, 4.69) is 5.32 Å². The summed E-state index contributed by atoms with van der Waals surface area (Å²) >= 11 is 0. The maximum atomic E-state index is 12.7. The molecule has 3 rings (SSSR count). The summed E-state index contributed by atoms with van der Waals surface area (Å²) in [5, 5.41) is 2.90. The second kappa shape index (κ2) is 9.51. The van der Waals surface area contributed by atoms with E-state index >= 15 is 0 Å². The van der Waals surface area contributed by atoms with Gasteiger partial charge < -0.3 is 10.1 Å². The third-order valence-corrected chi connectivity index (χ3v) is 4.45. The van der Waals surface area contributed by atoms with Crippen molar-refractivity contribution in [2.24, 2.45) is 0 Å². The molecule has 4 heteroatoms. The molecule has 0 saturated carbocycles. The fourth-order valence-corrected chi connectivity index (χ4v) is 3.13. The van der Waals surface area contributed by atoms with Crippen molar-refractivity contribution < 1.29 is 14.3 Å². The molecule has 1 N–H and O–H groups in total. The van der Waals surface area contributed by atoms with Gasteiger partial charge in [-0.05, 0) is 36.2 Å². The predicted molar refractivity (Wildman–Crippen MR) is 110 cm³/mol. The lowest BCUT2D eigenvalue weighted by Gasteiger charge is -2.18. The molecule has 4 nitrogen and oxygen atoms in total. The third-order valence-electron chi connectivity index (χ3n) is 4.45. The van der Waals surface area contributed by atoms with E-state index in [1.165, 1.54) is 0 Å². The van der Waals surface area contributed by atoms with E-state index in [0.717, 1.165) is 11.1 Å². The number of carbonyl (C=O) groups is 2. The Balaban J connectivity index is 1.76. The second-order valence-corrected chi connectivity index (χ2v) is 6.43. The van der Waals surface area contributed by atoms with Crippen LogP contribution in [0.25, 0.3) is 0 Å². The Morgan fingerprint density at radius 1 is 0.857 bits per heavy atom. The zero-order valence-corrected chi connectivity index (χ0v) is 15.8. The van der Waals surface area contributed by atoms with E-state index in [0.29, 0.717) is 24.3 Å². The first-order chi connectivity index (χ1) is 13.7. The smallest absolute Gasteiger partial charge is 0.338 e. The summed E-state index contributed by atoms with van der Waals surface area (Å²) in [5.41, 5.74) is 3.17. The van der Waals surface area contributed by atoms with Crippen molar-refractivity contribution in [1.29, 1.82) is 0 Å². The molecule has 0 spiro atoms. The van der Waals surface area contributed by atoms with Crippen molar-refractivity contribution in [3.8, 4) is 0 Å². The molecule has 0 unspecified atom stereocenters. The maximum absolute atomic E-state index is 12.7. The van der Waals surface area contributed by atoms with Gasteiger partial charge in [0.2, 0.25) is 5.91 Å². The number of ether oxygens (including phenoxy) is 1. The molecule has 28 heavy (non-hydrogen) atoms. The lowest BCUT2D eigenvalue weighted by molar-refractivity contribution is -0.116. The van der Waals surface area contributed by atoms with E-state index in [1.807, 2.05) is 60.7 Å². The lowest BCUT2D eigenvalue weighted by atomic mass is 9.88. The van der Waals surface area contributed by atoms with E-state index in [1.54, 1.807) is 31.2 Å².